The highest BCUT2D eigenvalue weighted by molar-refractivity contribution is 7.71. The van der Waals surface area contributed by atoms with E-state index in [1.807, 2.05) is 36.4 Å². The fourth-order valence-corrected chi connectivity index (χ4v) is 3.31. The first-order chi connectivity index (χ1) is 13.5. The standard InChI is InChI=1S/C22H33N5OS/c1-8-13-26-20(17-9-11-18(12-10-17)22(4,5)6)24-27(21(26)29)15-25(7)14-19(28)23-16(2)3/h8-12,16H,1,13-15H2,2-7H3,(H,23,28). The highest BCUT2D eigenvalue weighted by Crippen LogP contribution is 2.26. The van der Waals surface area contributed by atoms with E-state index in [1.165, 1.54) is 5.56 Å². The molecule has 0 aliphatic rings. The minimum absolute atomic E-state index is 0.0162. The molecular weight excluding hydrogens is 382 g/mol. The lowest BCUT2D eigenvalue weighted by Gasteiger charge is -2.19. The first kappa shape index (κ1) is 23.0. The second kappa shape index (κ2) is 9.50. The van der Waals surface area contributed by atoms with Crippen LogP contribution in [0.15, 0.2) is 36.9 Å². The molecule has 0 aliphatic carbocycles. The third kappa shape index (κ3) is 6.11. The molecule has 1 amide bonds. The zero-order valence-electron chi connectivity index (χ0n) is 18.4. The summed E-state index contributed by atoms with van der Waals surface area (Å²) in [6, 6.07) is 8.56. The van der Waals surface area contributed by atoms with Crippen LogP contribution in [0.1, 0.15) is 40.2 Å². The Morgan fingerprint density at radius 3 is 2.45 bits per heavy atom. The zero-order chi connectivity index (χ0) is 21.8. The van der Waals surface area contributed by atoms with Gasteiger partial charge in [0.05, 0.1) is 13.2 Å². The Morgan fingerprint density at radius 1 is 1.31 bits per heavy atom. The number of amides is 1. The van der Waals surface area contributed by atoms with Gasteiger partial charge in [-0.25, -0.2) is 4.68 Å². The Balaban J connectivity index is 2.29. The number of allylic oxidation sites excluding steroid dienone is 1. The van der Waals surface area contributed by atoms with Crippen LogP contribution in [0.4, 0.5) is 0 Å². The molecule has 158 valence electrons. The minimum Gasteiger partial charge on any atom is -0.353 e. The van der Waals surface area contributed by atoms with Gasteiger partial charge in [0.15, 0.2) is 10.6 Å². The predicted octanol–water partition coefficient (Wildman–Crippen LogP) is 3.98. The lowest BCUT2D eigenvalue weighted by Crippen LogP contribution is -2.39. The van der Waals surface area contributed by atoms with Crippen LogP contribution in [0.2, 0.25) is 0 Å². The van der Waals surface area contributed by atoms with E-state index in [-0.39, 0.29) is 23.9 Å². The van der Waals surface area contributed by atoms with Crippen molar-refractivity contribution in [3.8, 4) is 11.4 Å². The summed E-state index contributed by atoms with van der Waals surface area (Å²) in [5.74, 6) is 0.785. The number of hydrogen-bond acceptors (Lipinski definition) is 4. The molecule has 0 radical (unpaired) electrons. The van der Waals surface area contributed by atoms with Gasteiger partial charge in [0.25, 0.3) is 0 Å². The molecule has 0 atom stereocenters. The first-order valence-corrected chi connectivity index (χ1v) is 10.3. The molecule has 1 aromatic heterocycles. The van der Waals surface area contributed by atoms with Gasteiger partial charge in [0.2, 0.25) is 5.91 Å². The van der Waals surface area contributed by atoms with E-state index in [1.54, 1.807) is 4.68 Å². The number of hydrogen-bond donors (Lipinski definition) is 1. The molecule has 2 aromatic rings. The smallest absolute Gasteiger partial charge is 0.234 e. The van der Waals surface area contributed by atoms with E-state index in [9.17, 15) is 4.79 Å². The molecule has 0 saturated carbocycles. The Bertz CT molecular complexity index is 903. The SMILES string of the molecule is C=CCn1c(-c2ccc(C(C)(C)C)cc2)nn(CN(C)CC(=O)NC(C)C)c1=S. The van der Waals surface area contributed by atoms with Crippen LogP contribution in [0, 0.1) is 4.77 Å². The van der Waals surface area contributed by atoms with Gasteiger partial charge in [0.1, 0.15) is 0 Å². The Labute approximate surface area is 179 Å². The van der Waals surface area contributed by atoms with Crippen molar-refractivity contribution in [3.63, 3.8) is 0 Å². The fraction of sp³-hybridized carbons (Fsp3) is 0.500. The van der Waals surface area contributed by atoms with Gasteiger partial charge in [-0.1, -0.05) is 51.1 Å². The van der Waals surface area contributed by atoms with Crippen LogP contribution in [0.5, 0.6) is 0 Å². The summed E-state index contributed by atoms with van der Waals surface area (Å²) in [7, 11) is 1.88. The number of carbonyl (C=O) groups is 1. The minimum atomic E-state index is -0.0162. The van der Waals surface area contributed by atoms with E-state index in [0.29, 0.717) is 18.0 Å². The molecule has 1 aromatic carbocycles. The van der Waals surface area contributed by atoms with E-state index >= 15 is 0 Å². The topological polar surface area (TPSA) is 55.1 Å². The van der Waals surface area contributed by atoms with Crippen molar-refractivity contribution in [1.82, 2.24) is 24.6 Å². The maximum atomic E-state index is 12.0. The Morgan fingerprint density at radius 2 is 1.93 bits per heavy atom. The Kier molecular flexibility index (Phi) is 7.54. The van der Waals surface area contributed by atoms with Crippen LogP contribution in [0.3, 0.4) is 0 Å². The molecule has 0 unspecified atom stereocenters. The van der Waals surface area contributed by atoms with Gasteiger partial charge in [-0.3, -0.25) is 14.3 Å². The normalized spacial score (nSPS) is 11.9. The summed E-state index contributed by atoms with van der Waals surface area (Å²) in [6.07, 6.45) is 1.81. The summed E-state index contributed by atoms with van der Waals surface area (Å²) in [6.45, 7) is 15.6. The number of rotatable bonds is 8. The molecule has 1 heterocycles. The molecule has 0 fully saturated rings. The summed E-state index contributed by atoms with van der Waals surface area (Å²) < 4.78 is 4.33. The highest BCUT2D eigenvalue weighted by Gasteiger charge is 2.17. The molecule has 0 aliphatic heterocycles. The Hall–Kier alpha value is -2.25. The summed E-state index contributed by atoms with van der Waals surface area (Å²) >= 11 is 5.65. The van der Waals surface area contributed by atoms with Crippen LogP contribution in [-0.2, 0) is 23.4 Å². The van der Waals surface area contributed by atoms with Crippen LogP contribution in [0.25, 0.3) is 11.4 Å². The van der Waals surface area contributed by atoms with Gasteiger partial charge in [-0.15, -0.1) is 6.58 Å². The van der Waals surface area contributed by atoms with Crippen molar-refractivity contribution >= 4 is 18.1 Å². The summed E-state index contributed by atoms with van der Waals surface area (Å²) in [4.78, 5) is 13.9. The maximum absolute atomic E-state index is 12.0. The molecule has 6 nitrogen and oxygen atoms in total. The zero-order valence-corrected chi connectivity index (χ0v) is 19.2. The van der Waals surface area contributed by atoms with Crippen molar-refractivity contribution in [2.45, 2.75) is 59.3 Å². The monoisotopic (exact) mass is 415 g/mol. The van der Waals surface area contributed by atoms with E-state index < -0.39 is 0 Å². The maximum Gasteiger partial charge on any atom is 0.234 e. The van der Waals surface area contributed by atoms with E-state index in [0.717, 1.165) is 11.4 Å². The van der Waals surface area contributed by atoms with Crippen LogP contribution >= 0.6 is 12.2 Å². The number of benzene rings is 1. The van der Waals surface area contributed by atoms with Crippen molar-refractivity contribution < 1.29 is 4.79 Å². The summed E-state index contributed by atoms with van der Waals surface area (Å²) in [5.41, 5.74) is 2.37. The fourth-order valence-electron chi connectivity index (χ4n) is 3.05. The molecule has 1 N–H and O–H groups in total. The van der Waals surface area contributed by atoms with Crippen molar-refractivity contribution in [3.05, 3.63) is 47.3 Å². The largest absolute Gasteiger partial charge is 0.353 e. The molecule has 29 heavy (non-hydrogen) atoms. The lowest BCUT2D eigenvalue weighted by molar-refractivity contribution is -0.122. The molecule has 7 heteroatoms. The van der Waals surface area contributed by atoms with Gasteiger partial charge >= 0.3 is 0 Å². The average Bonchev–Trinajstić information content (AvgIpc) is 2.90. The van der Waals surface area contributed by atoms with Crippen molar-refractivity contribution in [2.75, 3.05) is 13.6 Å². The van der Waals surface area contributed by atoms with Gasteiger partial charge in [-0.05, 0) is 44.1 Å². The molecule has 2 rings (SSSR count). The summed E-state index contributed by atoms with van der Waals surface area (Å²) in [5, 5.41) is 7.65. The third-order valence-electron chi connectivity index (χ3n) is 4.48. The van der Waals surface area contributed by atoms with Gasteiger partial charge < -0.3 is 5.32 Å². The average molecular weight is 416 g/mol. The number of likely N-dealkylation sites (N-methyl/N-ethyl adjacent to an activating group) is 1. The second-order valence-electron chi connectivity index (χ2n) is 8.71. The molecule has 0 spiro atoms. The van der Waals surface area contributed by atoms with Crippen molar-refractivity contribution in [1.29, 1.82) is 0 Å². The second-order valence-corrected chi connectivity index (χ2v) is 9.08. The van der Waals surface area contributed by atoms with Crippen molar-refractivity contribution in [2.24, 2.45) is 0 Å². The van der Waals surface area contributed by atoms with Gasteiger partial charge in [-0.2, -0.15) is 5.10 Å². The molecule has 0 saturated heterocycles. The third-order valence-corrected chi connectivity index (χ3v) is 4.91. The van der Waals surface area contributed by atoms with E-state index in [4.69, 9.17) is 17.3 Å². The molecule has 0 bridgehead atoms. The number of nitrogens with one attached hydrogen (secondary N) is 1. The van der Waals surface area contributed by atoms with E-state index in [2.05, 4.69) is 56.9 Å². The predicted molar refractivity (Wildman–Crippen MR) is 121 cm³/mol. The highest BCUT2D eigenvalue weighted by atomic mass is 32.1. The molecular formula is C22H33N5OS. The lowest BCUT2D eigenvalue weighted by atomic mass is 9.87. The number of nitrogens with zero attached hydrogens (tertiary/aromatic N) is 4. The van der Waals surface area contributed by atoms with Gasteiger partial charge in [0, 0.05) is 18.2 Å². The number of carbonyl (C=O) groups excluding carboxylic acids is 1. The van der Waals surface area contributed by atoms with Crippen LogP contribution < -0.4 is 5.32 Å². The number of aromatic nitrogens is 3. The first-order valence-electron chi connectivity index (χ1n) is 9.90. The van der Waals surface area contributed by atoms with Crippen LogP contribution in [-0.4, -0.2) is 44.8 Å². The quantitative estimate of drug-likeness (QED) is 0.523.